The van der Waals surface area contributed by atoms with Crippen molar-refractivity contribution in [1.82, 2.24) is 19.5 Å². The van der Waals surface area contributed by atoms with Crippen molar-refractivity contribution >= 4 is 23.0 Å². The molecule has 23 heavy (non-hydrogen) atoms. The molecule has 0 aliphatic carbocycles. The second-order valence-corrected chi connectivity index (χ2v) is 5.64. The van der Waals surface area contributed by atoms with E-state index in [1.165, 1.54) is 11.0 Å². The smallest absolute Gasteiger partial charge is 0.291 e. The minimum absolute atomic E-state index is 0.282. The van der Waals surface area contributed by atoms with Gasteiger partial charge in [0.15, 0.2) is 0 Å². The molecule has 0 unspecified atom stereocenters. The Labute approximate surface area is 137 Å². The van der Waals surface area contributed by atoms with Gasteiger partial charge in [0.25, 0.3) is 5.56 Å². The number of amides is 1. The van der Waals surface area contributed by atoms with Crippen molar-refractivity contribution in [2.24, 2.45) is 0 Å². The summed E-state index contributed by atoms with van der Waals surface area (Å²) in [7, 11) is 0. The Hall–Kier alpha value is -2.60. The van der Waals surface area contributed by atoms with Crippen LogP contribution in [-0.2, 0) is 11.3 Å². The molecular weight excluding hydrogens is 316 g/mol. The lowest BCUT2D eigenvalue weighted by atomic mass is 10.2. The first-order chi connectivity index (χ1) is 11.1. The monoisotopic (exact) mass is 330 g/mol. The van der Waals surface area contributed by atoms with E-state index < -0.39 is 6.04 Å². The van der Waals surface area contributed by atoms with Gasteiger partial charge in [0.05, 0.1) is 0 Å². The van der Waals surface area contributed by atoms with Gasteiger partial charge < -0.3 is 9.72 Å². The number of halogens is 1. The summed E-state index contributed by atoms with van der Waals surface area (Å²) >= 11 is 5.91. The van der Waals surface area contributed by atoms with Gasteiger partial charge >= 0.3 is 0 Å². The molecule has 0 spiro atoms. The predicted molar refractivity (Wildman–Crippen MR) is 87.5 cm³/mol. The van der Waals surface area contributed by atoms with E-state index in [9.17, 15) is 9.59 Å². The largest absolute Gasteiger partial charge is 0.350 e. The van der Waals surface area contributed by atoms with E-state index in [-0.39, 0.29) is 11.5 Å². The lowest BCUT2D eigenvalue weighted by Gasteiger charge is -2.14. The minimum Gasteiger partial charge on any atom is -0.350 e. The van der Waals surface area contributed by atoms with Crippen LogP contribution in [0.15, 0.2) is 53.7 Å². The summed E-state index contributed by atoms with van der Waals surface area (Å²) in [6, 6.07) is 9.98. The standard InChI is InChI=1S/C16H15ClN4O2/c1-11(15(22)18-9-12-4-2-5-13(17)8-12)21-16(23)14-6-3-7-20(14)10-19-21/h2-8,10-11H,9H2,1H3,(H,18,22)/t11-/m0/s1. The molecule has 2 aromatic heterocycles. The Balaban J connectivity index is 1.76. The van der Waals surface area contributed by atoms with Crippen molar-refractivity contribution in [1.29, 1.82) is 0 Å². The molecule has 1 atom stereocenters. The van der Waals surface area contributed by atoms with Gasteiger partial charge in [-0.1, -0.05) is 23.7 Å². The zero-order valence-electron chi connectivity index (χ0n) is 12.4. The summed E-state index contributed by atoms with van der Waals surface area (Å²) < 4.78 is 2.80. The molecule has 2 heterocycles. The molecule has 1 amide bonds. The van der Waals surface area contributed by atoms with E-state index in [2.05, 4.69) is 10.4 Å². The van der Waals surface area contributed by atoms with Crippen LogP contribution in [0.4, 0.5) is 0 Å². The summed E-state index contributed by atoms with van der Waals surface area (Å²) in [5, 5.41) is 7.46. The first-order valence-electron chi connectivity index (χ1n) is 7.13. The number of nitrogens with zero attached hydrogens (tertiary/aromatic N) is 3. The maximum Gasteiger partial charge on any atom is 0.291 e. The number of fused-ring (bicyclic) bond motifs is 1. The van der Waals surface area contributed by atoms with Gasteiger partial charge in [-0.2, -0.15) is 5.10 Å². The summed E-state index contributed by atoms with van der Waals surface area (Å²) in [4.78, 5) is 24.6. The molecule has 6 nitrogen and oxygen atoms in total. The molecule has 0 aliphatic heterocycles. The number of benzene rings is 1. The highest BCUT2D eigenvalue weighted by molar-refractivity contribution is 6.30. The summed E-state index contributed by atoms with van der Waals surface area (Å²) in [6.07, 6.45) is 3.25. The van der Waals surface area contributed by atoms with Crippen LogP contribution in [-0.4, -0.2) is 20.1 Å². The van der Waals surface area contributed by atoms with Crippen LogP contribution in [0.2, 0.25) is 5.02 Å². The van der Waals surface area contributed by atoms with E-state index in [0.29, 0.717) is 17.1 Å². The van der Waals surface area contributed by atoms with Gasteiger partial charge in [0.1, 0.15) is 17.9 Å². The Morgan fingerprint density at radius 2 is 2.17 bits per heavy atom. The van der Waals surface area contributed by atoms with Gasteiger partial charge in [-0.05, 0) is 36.8 Å². The SMILES string of the molecule is C[C@@H](C(=O)NCc1cccc(Cl)c1)n1ncn2cccc2c1=O. The molecule has 118 valence electrons. The molecule has 7 heteroatoms. The van der Waals surface area contributed by atoms with Crippen LogP contribution in [0.1, 0.15) is 18.5 Å². The number of aromatic nitrogens is 3. The third-order valence-corrected chi connectivity index (χ3v) is 3.84. The fraction of sp³-hybridized carbons (Fsp3) is 0.188. The lowest BCUT2D eigenvalue weighted by molar-refractivity contribution is -0.124. The Morgan fingerprint density at radius 1 is 1.35 bits per heavy atom. The predicted octanol–water partition coefficient (Wildman–Crippen LogP) is 2.03. The second kappa shape index (κ2) is 6.26. The minimum atomic E-state index is -0.707. The van der Waals surface area contributed by atoms with Crippen LogP contribution in [0.5, 0.6) is 0 Å². The molecule has 0 saturated carbocycles. The van der Waals surface area contributed by atoms with Crippen molar-refractivity contribution in [2.75, 3.05) is 0 Å². The first kappa shape index (κ1) is 15.3. The van der Waals surface area contributed by atoms with E-state index in [4.69, 9.17) is 11.6 Å². The summed E-state index contributed by atoms with van der Waals surface area (Å²) in [5.74, 6) is -0.282. The Kier molecular flexibility index (Phi) is 4.16. The van der Waals surface area contributed by atoms with Crippen molar-refractivity contribution < 1.29 is 4.79 Å². The quantitative estimate of drug-likeness (QED) is 0.795. The number of nitrogens with one attached hydrogen (secondary N) is 1. The highest BCUT2D eigenvalue weighted by atomic mass is 35.5. The maximum atomic E-state index is 12.3. The van der Waals surface area contributed by atoms with Crippen molar-refractivity contribution in [3.8, 4) is 0 Å². The maximum absolute atomic E-state index is 12.3. The molecule has 0 aliphatic rings. The van der Waals surface area contributed by atoms with Crippen molar-refractivity contribution in [3.05, 3.63) is 69.9 Å². The van der Waals surface area contributed by atoms with Gasteiger partial charge in [-0.3, -0.25) is 9.59 Å². The lowest BCUT2D eigenvalue weighted by Crippen LogP contribution is -2.37. The zero-order valence-corrected chi connectivity index (χ0v) is 13.2. The van der Waals surface area contributed by atoms with Gasteiger partial charge in [-0.15, -0.1) is 0 Å². The average Bonchev–Trinajstić information content (AvgIpc) is 3.02. The average molecular weight is 331 g/mol. The fourth-order valence-electron chi connectivity index (χ4n) is 2.33. The third kappa shape index (κ3) is 3.12. The number of hydrogen-bond donors (Lipinski definition) is 1. The number of rotatable bonds is 4. The van der Waals surface area contributed by atoms with Crippen LogP contribution in [0, 0.1) is 0 Å². The number of hydrogen-bond acceptors (Lipinski definition) is 3. The molecule has 3 aromatic rings. The van der Waals surface area contributed by atoms with Gasteiger partial charge in [0.2, 0.25) is 5.91 Å². The molecular formula is C16H15ClN4O2. The van der Waals surface area contributed by atoms with Crippen LogP contribution in [0.25, 0.3) is 5.52 Å². The van der Waals surface area contributed by atoms with E-state index in [1.807, 2.05) is 12.1 Å². The van der Waals surface area contributed by atoms with E-state index in [0.717, 1.165) is 5.56 Å². The van der Waals surface area contributed by atoms with E-state index in [1.54, 1.807) is 41.8 Å². The topological polar surface area (TPSA) is 68.4 Å². The molecule has 1 aromatic carbocycles. The molecule has 1 N–H and O–H groups in total. The second-order valence-electron chi connectivity index (χ2n) is 5.21. The number of carbonyl (C=O) groups excluding carboxylic acids is 1. The van der Waals surface area contributed by atoms with Crippen molar-refractivity contribution in [3.63, 3.8) is 0 Å². The normalized spacial score (nSPS) is 12.3. The summed E-state index contributed by atoms with van der Waals surface area (Å²) in [6.45, 7) is 1.98. The van der Waals surface area contributed by atoms with Crippen LogP contribution < -0.4 is 10.9 Å². The molecule has 0 bridgehead atoms. The van der Waals surface area contributed by atoms with Crippen LogP contribution in [0.3, 0.4) is 0 Å². The zero-order chi connectivity index (χ0) is 16.4. The Morgan fingerprint density at radius 3 is 2.96 bits per heavy atom. The van der Waals surface area contributed by atoms with Crippen LogP contribution >= 0.6 is 11.6 Å². The third-order valence-electron chi connectivity index (χ3n) is 3.61. The van der Waals surface area contributed by atoms with Crippen molar-refractivity contribution in [2.45, 2.75) is 19.5 Å². The molecule has 3 rings (SSSR count). The number of carbonyl (C=O) groups is 1. The molecule has 0 radical (unpaired) electrons. The van der Waals surface area contributed by atoms with Gasteiger partial charge in [0, 0.05) is 17.8 Å². The van der Waals surface area contributed by atoms with E-state index >= 15 is 0 Å². The molecule has 0 saturated heterocycles. The first-order valence-corrected chi connectivity index (χ1v) is 7.51. The highest BCUT2D eigenvalue weighted by Gasteiger charge is 2.18. The molecule has 0 fully saturated rings. The highest BCUT2D eigenvalue weighted by Crippen LogP contribution is 2.11. The Bertz CT molecular complexity index is 916. The van der Waals surface area contributed by atoms with Gasteiger partial charge in [-0.25, -0.2) is 4.68 Å². The fourth-order valence-corrected chi connectivity index (χ4v) is 2.54. The summed E-state index contributed by atoms with van der Waals surface area (Å²) in [5.41, 5.74) is 1.07.